The number of carbonyl (C=O) groups is 1. The minimum absolute atomic E-state index is 0.0194. The number of benzene rings is 2. The zero-order valence-corrected chi connectivity index (χ0v) is 21.6. The lowest BCUT2D eigenvalue weighted by molar-refractivity contribution is 0.0994. The van der Waals surface area contributed by atoms with Gasteiger partial charge < -0.3 is 14.6 Å². The van der Waals surface area contributed by atoms with Crippen LogP contribution in [0.25, 0.3) is 10.9 Å². The van der Waals surface area contributed by atoms with Crippen LogP contribution in [-0.2, 0) is 6.67 Å². The van der Waals surface area contributed by atoms with E-state index in [9.17, 15) is 9.90 Å². The van der Waals surface area contributed by atoms with Gasteiger partial charge >= 0.3 is 0 Å². The fourth-order valence-electron chi connectivity index (χ4n) is 6.56. The van der Waals surface area contributed by atoms with Crippen LogP contribution in [0.2, 0.25) is 0 Å². The molecule has 0 unspecified atom stereocenters. The third-order valence-corrected chi connectivity index (χ3v) is 7.63. The molecular formula is C28H34N4O4. The molecule has 190 valence electrons. The molecule has 8 nitrogen and oxygen atoms in total. The van der Waals surface area contributed by atoms with Crippen LogP contribution >= 0.6 is 0 Å². The first kappa shape index (κ1) is 24.3. The van der Waals surface area contributed by atoms with Gasteiger partial charge in [0.05, 0.1) is 26.4 Å². The predicted molar refractivity (Wildman–Crippen MR) is 138 cm³/mol. The van der Waals surface area contributed by atoms with Crippen molar-refractivity contribution < 1.29 is 19.4 Å². The number of aromatic nitrogens is 1. The Bertz CT molecular complexity index is 1340. The Labute approximate surface area is 211 Å². The molecule has 2 bridgehead atoms. The van der Waals surface area contributed by atoms with E-state index in [1.54, 1.807) is 18.2 Å². The first-order valence-corrected chi connectivity index (χ1v) is 12.4. The van der Waals surface area contributed by atoms with Gasteiger partial charge in [0.25, 0.3) is 5.91 Å². The quantitative estimate of drug-likeness (QED) is 0.419. The molecule has 1 saturated heterocycles. The number of hydrogen-bond acceptors (Lipinski definition) is 6. The topological polar surface area (TPSA) is 88.7 Å². The van der Waals surface area contributed by atoms with Crippen LogP contribution in [0, 0.1) is 10.8 Å². The molecule has 2 atom stereocenters. The zero-order chi connectivity index (χ0) is 25.7. The number of ether oxygens (including phenoxy) is 2. The molecule has 2 aliphatic rings. The average molecular weight is 491 g/mol. The highest BCUT2D eigenvalue weighted by Gasteiger charge is 2.49. The summed E-state index contributed by atoms with van der Waals surface area (Å²) in [6, 6.07) is 13.0. The summed E-state index contributed by atoms with van der Waals surface area (Å²) in [5.41, 5.74) is 2.09. The SMILES string of the molecule is COc1ccc(C(=O)N=Nc2c(O)n(CN3C[C@]4(C)C[C@H]3CC(C)(C)C4)c3ccccc23)cc1OC. The predicted octanol–water partition coefficient (Wildman–Crippen LogP) is 6.15. The molecule has 2 aromatic carbocycles. The second-order valence-electron chi connectivity index (χ2n) is 11.3. The van der Waals surface area contributed by atoms with Crippen molar-refractivity contribution >= 4 is 22.5 Å². The molecule has 3 aromatic rings. The van der Waals surface area contributed by atoms with Gasteiger partial charge in [0.15, 0.2) is 17.2 Å². The molecular weight excluding hydrogens is 456 g/mol. The maximum absolute atomic E-state index is 12.8. The van der Waals surface area contributed by atoms with E-state index in [4.69, 9.17) is 9.47 Å². The van der Waals surface area contributed by atoms with Gasteiger partial charge in [-0.05, 0) is 54.4 Å². The Balaban J connectivity index is 1.45. The standard InChI is InChI=1S/C28H34N4O4/c1-27(2)13-19-14-28(3,15-27)16-31(19)17-32-21-9-7-6-8-20(21)24(26(32)34)29-30-25(33)18-10-11-22(35-4)23(12-18)36-5/h6-12,19,34H,13-17H2,1-5H3/t19-,28-/m1/s1. The van der Waals surface area contributed by atoms with Gasteiger partial charge in [-0.1, -0.05) is 39.0 Å². The van der Waals surface area contributed by atoms with E-state index < -0.39 is 5.91 Å². The van der Waals surface area contributed by atoms with Gasteiger partial charge in [0, 0.05) is 23.5 Å². The second kappa shape index (κ2) is 8.92. The number of methoxy groups -OCH3 is 2. The lowest BCUT2D eigenvalue weighted by Gasteiger charge is -2.40. The maximum atomic E-state index is 12.8. The molecule has 1 saturated carbocycles. The smallest absolute Gasteiger partial charge is 0.295 e. The van der Waals surface area contributed by atoms with Crippen LogP contribution < -0.4 is 9.47 Å². The van der Waals surface area contributed by atoms with Crippen LogP contribution in [0.3, 0.4) is 0 Å². The molecule has 2 fully saturated rings. The van der Waals surface area contributed by atoms with Gasteiger partial charge in [0.2, 0.25) is 5.88 Å². The summed E-state index contributed by atoms with van der Waals surface area (Å²) in [6.07, 6.45) is 3.54. The van der Waals surface area contributed by atoms with Crippen LogP contribution in [0.15, 0.2) is 52.7 Å². The summed E-state index contributed by atoms with van der Waals surface area (Å²) in [5, 5.41) is 20.2. The van der Waals surface area contributed by atoms with Crippen molar-refractivity contribution in [2.24, 2.45) is 21.1 Å². The van der Waals surface area contributed by atoms with Crippen molar-refractivity contribution in [3.8, 4) is 17.4 Å². The summed E-state index contributed by atoms with van der Waals surface area (Å²) >= 11 is 0. The maximum Gasteiger partial charge on any atom is 0.295 e. The third kappa shape index (κ3) is 4.34. The second-order valence-corrected chi connectivity index (χ2v) is 11.3. The molecule has 1 aliphatic carbocycles. The molecule has 8 heteroatoms. The summed E-state index contributed by atoms with van der Waals surface area (Å²) in [5.74, 6) is 0.447. The van der Waals surface area contributed by atoms with E-state index in [0.717, 1.165) is 23.9 Å². The highest BCUT2D eigenvalue weighted by Crippen LogP contribution is 2.53. The summed E-state index contributed by atoms with van der Waals surface area (Å²) in [6.45, 7) is 8.67. The number of likely N-dealkylation sites (tertiary alicyclic amines) is 1. The molecule has 1 aliphatic heterocycles. The molecule has 2 heterocycles. The Morgan fingerprint density at radius 2 is 1.83 bits per heavy atom. The lowest BCUT2D eigenvalue weighted by Crippen LogP contribution is -2.35. The number of fused-ring (bicyclic) bond motifs is 3. The highest BCUT2D eigenvalue weighted by molar-refractivity contribution is 5.97. The van der Waals surface area contributed by atoms with Gasteiger partial charge in [-0.25, -0.2) is 0 Å². The minimum atomic E-state index is -0.532. The van der Waals surface area contributed by atoms with Crippen molar-refractivity contribution in [3.05, 3.63) is 48.0 Å². The normalized spacial score (nSPS) is 23.4. The minimum Gasteiger partial charge on any atom is -0.493 e. The fourth-order valence-corrected chi connectivity index (χ4v) is 6.56. The molecule has 0 spiro atoms. The number of para-hydroxylation sites is 1. The van der Waals surface area contributed by atoms with E-state index >= 15 is 0 Å². The largest absolute Gasteiger partial charge is 0.493 e. The van der Waals surface area contributed by atoms with Crippen molar-refractivity contribution in [3.63, 3.8) is 0 Å². The van der Waals surface area contributed by atoms with Gasteiger partial charge in [-0.15, -0.1) is 10.2 Å². The van der Waals surface area contributed by atoms with Crippen molar-refractivity contribution in [1.29, 1.82) is 0 Å². The first-order chi connectivity index (χ1) is 17.1. The van der Waals surface area contributed by atoms with E-state index in [0.29, 0.717) is 46.3 Å². The number of carbonyl (C=O) groups excluding carboxylic acids is 1. The number of rotatable bonds is 6. The summed E-state index contributed by atoms with van der Waals surface area (Å²) in [7, 11) is 3.05. The summed E-state index contributed by atoms with van der Waals surface area (Å²) in [4.78, 5) is 15.3. The van der Waals surface area contributed by atoms with E-state index in [-0.39, 0.29) is 5.88 Å². The monoisotopic (exact) mass is 490 g/mol. The number of nitrogens with zero attached hydrogens (tertiary/aromatic N) is 4. The van der Waals surface area contributed by atoms with Gasteiger partial charge in [0.1, 0.15) is 0 Å². The highest BCUT2D eigenvalue weighted by atomic mass is 16.5. The van der Waals surface area contributed by atoms with Gasteiger partial charge in [-0.3, -0.25) is 14.3 Å². The lowest BCUT2D eigenvalue weighted by atomic mass is 9.65. The molecule has 1 N–H and O–H groups in total. The summed E-state index contributed by atoms with van der Waals surface area (Å²) < 4.78 is 12.4. The number of hydrogen-bond donors (Lipinski definition) is 1. The van der Waals surface area contributed by atoms with Gasteiger partial charge in [-0.2, -0.15) is 0 Å². The molecule has 36 heavy (non-hydrogen) atoms. The van der Waals surface area contributed by atoms with Crippen molar-refractivity contribution in [1.82, 2.24) is 9.47 Å². The number of amides is 1. The third-order valence-electron chi connectivity index (χ3n) is 7.63. The van der Waals surface area contributed by atoms with E-state index in [1.165, 1.54) is 27.1 Å². The Morgan fingerprint density at radius 1 is 1.08 bits per heavy atom. The van der Waals surface area contributed by atoms with E-state index in [2.05, 4.69) is 35.9 Å². The fraction of sp³-hybridized carbons (Fsp3) is 0.464. The Morgan fingerprint density at radius 3 is 2.58 bits per heavy atom. The number of azo groups is 1. The van der Waals surface area contributed by atoms with Crippen LogP contribution in [-0.4, -0.2) is 47.3 Å². The molecule has 0 radical (unpaired) electrons. The molecule has 5 rings (SSSR count). The Hall–Kier alpha value is -3.39. The first-order valence-electron chi connectivity index (χ1n) is 12.4. The van der Waals surface area contributed by atoms with Crippen LogP contribution in [0.1, 0.15) is 50.4 Å². The zero-order valence-electron chi connectivity index (χ0n) is 21.6. The molecule has 1 amide bonds. The van der Waals surface area contributed by atoms with Crippen molar-refractivity contribution in [2.45, 2.75) is 52.7 Å². The van der Waals surface area contributed by atoms with Crippen LogP contribution in [0.5, 0.6) is 17.4 Å². The van der Waals surface area contributed by atoms with E-state index in [1.807, 2.05) is 28.8 Å². The molecule has 1 aromatic heterocycles. The van der Waals surface area contributed by atoms with Crippen LogP contribution in [0.4, 0.5) is 5.69 Å². The Kier molecular flexibility index (Phi) is 6.03. The average Bonchev–Trinajstić information content (AvgIpc) is 3.24. The van der Waals surface area contributed by atoms with Crippen molar-refractivity contribution in [2.75, 3.05) is 20.8 Å². The number of aromatic hydroxyl groups is 1.